The Bertz CT molecular complexity index is 334. The van der Waals surface area contributed by atoms with Crippen molar-refractivity contribution in [2.45, 2.75) is 32.9 Å². The minimum absolute atomic E-state index is 0.0730. The summed E-state index contributed by atoms with van der Waals surface area (Å²) in [7, 11) is 0. The predicted molar refractivity (Wildman–Crippen MR) is 58.3 cm³/mol. The molecule has 2 unspecified atom stereocenters. The Morgan fingerprint density at radius 1 is 1.73 bits per heavy atom. The Morgan fingerprint density at radius 3 is 2.80 bits per heavy atom. The normalized spacial score (nSPS) is 14.9. The third-order valence-electron chi connectivity index (χ3n) is 2.37. The van der Waals surface area contributed by atoms with Gasteiger partial charge in [0.15, 0.2) is 0 Å². The van der Waals surface area contributed by atoms with Gasteiger partial charge in [-0.05, 0) is 26.5 Å². The number of hydrogen-bond donors (Lipinski definition) is 2. The molecule has 15 heavy (non-hydrogen) atoms. The molecule has 0 radical (unpaired) electrons. The first kappa shape index (κ1) is 11.7. The van der Waals surface area contributed by atoms with Crippen molar-refractivity contribution in [2.75, 3.05) is 6.54 Å². The fraction of sp³-hybridized carbons (Fsp3) is 0.600. The number of rotatable bonds is 5. The lowest BCUT2D eigenvalue weighted by molar-refractivity contribution is -0.121. The van der Waals surface area contributed by atoms with E-state index in [1.807, 2.05) is 33.0 Å². The minimum atomic E-state index is -0.380. The van der Waals surface area contributed by atoms with E-state index >= 15 is 0 Å². The van der Waals surface area contributed by atoms with E-state index in [1.54, 1.807) is 4.68 Å². The molecule has 1 rings (SSSR count). The van der Waals surface area contributed by atoms with E-state index < -0.39 is 0 Å². The highest BCUT2D eigenvalue weighted by Gasteiger charge is 2.23. The summed E-state index contributed by atoms with van der Waals surface area (Å²) in [5.74, 6) is -0.350. The molecule has 84 valence electrons. The third-order valence-corrected chi connectivity index (χ3v) is 2.37. The first-order valence-electron chi connectivity index (χ1n) is 5.10. The summed E-state index contributed by atoms with van der Waals surface area (Å²) in [6.45, 7) is 6.48. The molecule has 5 heteroatoms. The fourth-order valence-corrected chi connectivity index (χ4v) is 1.54. The predicted octanol–water partition coefficient (Wildman–Crippen LogP) is 0.216. The first-order chi connectivity index (χ1) is 7.06. The van der Waals surface area contributed by atoms with Crippen LogP contribution in [0.5, 0.6) is 0 Å². The van der Waals surface area contributed by atoms with Gasteiger partial charge in [-0.1, -0.05) is 6.92 Å². The lowest BCUT2D eigenvalue weighted by atomic mass is 10.1. The average molecular weight is 210 g/mol. The molecule has 0 aliphatic heterocycles. The third kappa shape index (κ3) is 2.79. The maximum Gasteiger partial charge on any atom is 0.236 e. The number of nitrogens with zero attached hydrogens (tertiary/aromatic N) is 2. The van der Waals surface area contributed by atoms with Gasteiger partial charge in [0, 0.05) is 6.20 Å². The number of aromatic nitrogens is 2. The van der Waals surface area contributed by atoms with Crippen molar-refractivity contribution in [3.05, 3.63) is 18.0 Å². The lowest BCUT2D eigenvalue weighted by Crippen LogP contribution is -2.46. The molecule has 1 heterocycles. The highest BCUT2D eigenvalue weighted by Crippen LogP contribution is 2.10. The summed E-state index contributed by atoms with van der Waals surface area (Å²) >= 11 is 0. The van der Waals surface area contributed by atoms with Gasteiger partial charge in [0.05, 0.1) is 11.7 Å². The van der Waals surface area contributed by atoms with Gasteiger partial charge in [-0.15, -0.1) is 0 Å². The minimum Gasteiger partial charge on any atom is -0.368 e. The maximum atomic E-state index is 11.2. The molecule has 0 bridgehead atoms. The molecule has 5 nitrogen and oxygen atoms in total. The van der Waals surface area contributed by atoms with Crippen LogP contribution in [0.25, 0.3) is 0 Å². The molecule has 1 aromatic heterocycles. The van der Waals surface area contributed by atoms with Crippen molar-refractivity contribution in [2.24, 2.45) is 5.73 Å². The van der Waals surface area contributed by atoms with Crippen LogP contribution in [0.2, 0.25) is 0 Å². The summed E-state index contributed by atoms with van der Waals surface area (Å²) in [4.78, 5) is 11.2. The zero-order valence-electron chi connectivity index (χ0n) is 9.40. The molecule has 3 N–H and O–H groups in total. The number of likely N-dealkylation sites (N-methyl/N-ethyl adjacent to an activating group) is 1. The quantitative estimate of drug-likeness (QED) is 0.730. The van der Waals surface area contributed by atoms with E-state index in [-0.39, 0.29) is 18.0 Å². The van der Waals surface area contributed by atoms with Gasteiger partial charge in [0.1, 0.15) is 6.04 Å². The second kappa shape index (κ2) is 4.93. The van der Waals surface area contributed by atoms with Crippen molar-refractivity contribution in [3.63, 3.8) is 0 Å². The SMILES string of the molecule is CCNC(C(N)=O)C(C)n1ccc(C)n1. The summed E-state index contributed by atoms with van der Waals surface area (Å²) in [6.07, 6.45) is 1.85. The topological polar surface area (TPSA) is 72.9 Å². The molecule has 0 aliphatic rings. The summed E-state index contributed by atoms with van der Waals surface area (Å²) in [5, 5.41) is 7.32. The van der Waals surface area contributed by atoms with E-state index in [4.69, 9.17) is 5.73 Å². The molecule has 0 fully saturated rings. The standard InChI is InChI=1S/C10H18N4O/c1-4-12-9(10(11)15)8(3)14-6-5-7(2)13-14/h5-6,8-9,12H,4H2,1-3H3,(H2,11,15). The largest absolute Gasteiger partial charge is 0.368 e. The van der Waals surface area contributed by atoms with E-state index in [2.05, 4.69) is 10.4 Å². The number of hydrogen-bond acceptors (Lipinski definition) is 3. The van der Waals surface area contributed by atoms with E-state index in [1.165, 1.54) is 0 Å². The summed E-state index contributed by atoms with van der Waals surface area (Å²) in [6, 6.07) is 1.45. The van der Waals surface area contributed by atoms with Gasteiger partial charge in [-0.25, -0.2) is 0 Å². The molecule has 0 aromatic carbocycles. The van der Waals surface area contributed by atoms with Gasteiger partial charge in [0.25, 0.3) is 0 Å². The summed E-state index contributed by atoms with van der Waals surface area (Å²) in [5.41, 5.74) is 6.26. The van der Waals surface area contributed by atoms with Crippen LogP contribution in [0.15, 0.2) is 12.3 Å². The lowest BCUT2D eigenvalue weighted by Gasteiger charge is -2.22. The van der Waals surface area contributed by atoms with Crippen molar-refractivity contribution in [1.29, 1.82) is 0 Å². The molecular formula is C10H18N4O. The van der Waals surface area contributed by atoms with Crippen LogP contribution < -0.4 is 11.1 Å². The molecule has 2 atom stereocenters. The average Bonchev–Trinajstić information content (AvgIpc) is 2.59. The Hall–Kier alpha value is -1.36. The van der Waals surface area contributed by atoms with E-state index in [0.29, 0.717) is 6.54 Å². The molecule has 0 aliphatic carbocycles. The van der Waals surface area contributed by atoms with Crippen LogP contribution in [0, 0.1) is 6.92 Å². The second-order valence-electron chi connectivity index (χ2n) is 3.62. The van der Waals surface area contributed by atoms with Crippen LogP contribution in [0.3, 0.4) is 0 Å². The van der Waals surface area contributed by atoms with Crippen molar-refractivity contribution in [3.8, 4) is 0 Å². The van der Waals surface area contributed by atoms with E-state index in [9.17, 15) is 4.79 Å². The maximum absolute atomic E-state index is 11.2. The number of carbonyl (C=O) groups excluding carboxylic acids is 1. The molecule has 0 saturated heterocycles. The Kier molecular flexibility index (Phi) is 3.85. The fourth-order valence-electron chi connectivity index (χ4n) is 1.54. The molecule has 0 spiro atoms. The number of aryl methyl sites for hydroxylation is 1. The van der Waals surface area contributed by atoms with Gasteiger partial charge in [-0.3, -0.25) is 9.48 Å². The number of nitrogens with two attached hydrogens (primary N) is 1. The number of nitrogens with one attached hydrogen (secondary N) is 1. The number of primary amides is 1. The van der Waals surface area contributed by atoms with Crippen LogP contribution >= 0.6 is 0 Å². The smallest absolute Gasteiger partial charge is 0.236 e. The monoisotopic (exact) mass is 210 g/mol. The van der Waals surface area contributed by atoms with Crippen molar-refractivity contribution < 1.29 is 4.79 Å². The van der Waals surface area contributed by atoms with Crippen molar-refractivity contribution in [1.82, 2.24) is 15.1 Å². The molecule has 1 amide bonds. The van der Waals surface area contributed by atoms with Gasteiger partial charge in [-0.2, -0.15) is 5.10 Å². The Balaban J connectivity index is 2.80. The number of carbonyl (C=O) groups is 1. The second-order valence-corrected chi connectivity index (χ2v) is 3.62. The van der Waals surface area contributed by atoms with Crippen LogP contribution in [0.4, 0.5) is 0 Å². The zero-order valence-corrected chi connectivity index (χ0v) is 9.40. The van der Waals surface area contributed by atoms with Crippen LogP contribution in [0.1, 0.15) is 25.6 Å². The molecular weight excluding hydrogens is 192 g/mol. The van der Waals surface area contributed by atoms with Gasteiger partial charge < -0.3 is 11.1 Å². The highest BCUT2D eigenvalue weighted by atomic mass is 16.1. The highest BCUT2D eigenvalue weighted by molar-refractivity contribution is 5.80. The Labute approximate surface area is 89.6 Å². The van der Waals surface area contributed by atoms with E-state index in [0.717, 1.165) is 5.69 Å². The Morgan fingerprint density at radius 2 is 2.40 bits per heavy atom. The first-order valence-corrected chi connectivity index (χ1v) is 5.10. The zero-order chi connectivity index (χ0) is 11.4. The molecule has 0 saturated carbocycles. The molecule has 1 aromatic rings. The van der Waals surface area contributed by atoms with Crippen LogP contribution in [-0.4, -0.2) is 28.3 Å². The van der Waals surface area contributed by atoms with Gasteiger partial charge in [0.2, 0.25) is 5.91 Å². The van der Waals surface area contributed by atoms with Crippen molar-refractivity contribution >= 4 is 5.91 Å². The number of amides is 1. The summed E-state index contributed by atoms with van der Waals surface area (Å²) < 4.78 is 1.76. The van der Waals surface area contributed by atoms with Gasteiger partial charge >= 0.3 is 0 Å². The van der Waals surface area contributed by atoms with Crippen LogP contribution in [-0.2, 0) is 4.79 Å².